The van der Waals surface area contributed by atoms with Crippen LogP contribution in [0.1, 0.15) is 59.3 Å². The third-order valence-electron chi connectivity index (χ3n) is 3.16. The van der Waals surface area contributed by atoms with Crippen LogP contribution in [0.3, 0.4) is 0 Å². The highest BCUT2D eigenvalue weighted by molar-refractivity contribution is 5.76. The van der Waals surface area contributed by atoms with Crippen LogP contribution >= 0.6 is 0 Å². The Morgan fingerprint density at radius 3 is 2.20 bits per heavy atom. The van der Waals surface area contributed by atoms with Gasteiger partial charge in [-0.15, -0.1) is 0 Å². The summed E-state index contributed by atoms with van der Waals surface area (Å²) >= 11 is 0. The van der Waals surface area contributed by atoms with Crippen molar-refractivity contribution in [1.29, 1.82) is 0 Å². The van der Waals surface area contributed by atoms with E-state index >= 15 is 0 Å². The highest BCUT2D eigenvalue weighted by Crippen LogP contribution is 2.13. The van der Waals surface area contributed by atoms with Crippen molar-refractivity contribution >= 4 is 5.91 Å². The van der Waals surface area contributed by atoms with Crippen molar-refractivity contribution < 1.29 is 4.79 Å². The summed E-state index contributed by atoms with van der Waals surface area (Å²) in [7, 11) is 0. The molecular weight excluding hydrogens is 188 g/mol. The van der Waals surface area contributed by atoms with E-state index in [0.717, 1.165) is 32.1 Å². The van der Waals surface area contributed by atoms with Gasteiger partial charge in [-0.05, 0) is 19.3 Å². The average molecular weight is 214 g/mol. The van der Waals surface area contributed by atoms with Crippen LogP contribution in [0.4, 0.5) is 0 Å². The van der Waals surface area contributed by atoms with Gasteiger partial charge in [0.05, 0.1) is 5.54 Å². The SMILES string of the molecule is CCCCCC(=O)NC(CC)(CC)CN. The lowest BCUT2D eigenvalue weighted by Gasteiger charge is -2.31. The normalized spacial score (nSPS) is 11.5. The molecule has 3 heteroatoms. The van der Waals surface area contributed by atoms with Gasteiger partial charge in [0.2, 0.25) is 5.91 Å². The van der Waals surface area contributed by atoms with Gasteiger partial charge in [0.25, 0.3) is 0 Å². The fraction of sp³-hybridized carbons (Fsp3) is 0.917. The van der Waals surface area contributed by atoms with Gasteiger partial charge < -0.3 is 11.1 Å². The van der Waals surface area contributed by atoms with Gasteiger partial charge >= 0.3 is 0 Å². The molecule has 0 saturated heterocycles. The summed E-state index contributed by atoms with van der Waals surface area (Å²) < 4.78 is 0. The van der Waals surface area contributed by atoms with Crippen LogP contribution in [0, 0.1) is 0 Å². The third-order valence-corrected chi connectivity index (χ3v) is 3.16. The monoisotopic (exact) mass is 214 g/mol. The van der Waals surface area contributed by atoms with Crippen LogP contribution in [0.5, 0.6) is 0 Å². The summed E-state index contributed by atoms with van der Waals surface area (Å²) in [5.41, 5.74) is 5.54. The van der Waals surface area contributed by atoms with Crippen molar-refractivity contribution in [2.45, 2.75) is 64.8 Å². The number of hydrogen-bond acceptors (Lipinski definition) is 2. The van der Waals surface area contributed by atoms with Crippen molar-refractivity contribution in [2.24, 2.45) is 5.73 Å². The molecule has 0 fully saturated rings. The molecule has 0 aliphatic heterocycles. The summed E-state index contributed by atoms with van der Waals surface area (Å²) in [6, 6.07) is 0. The molecule has 0 rings (SSSR count). The van der Waals surface area contributed by atoms with Crippen LogP contribution in [0.15, 0.2) is 0 Å². The van der Waals surface area contributed by atoms with Crippen molar-refractivity contribution in [3.8, 4) is 0 Å². The first-order chi connectivity index (χ1) is 7.14. The fourth-order valence-electron chi connectivity index (χ4n) is 1.66. The first kappa shape index (κ1) is 14.4. The Kier molecular flexibility index (Phi) is 7.39. The lowest BCUT2D eigenvalue weighted by Crippen LogP contribution is -2.52. The summed E-state index contributed by atoms with van der Waals surface area (Å²) in [6.07, 6.45) is 5.70. The predicted molar refractivity (Wildman–Crippen MR) is 64.7 cm³/mol. The minimum absolute atomic E-state index is 0.151. The zero-order chi connectivity index (χ0) is 11.7. The maximum Gasteiger partial charge on any atom is 0.220 e. The van der Waals surface area contributed by atoms with E-state index in [1.807, 2.05) is 0 Å². The standard InChI is InChI=1S/C12H26N2O/c1-4-7-8-9-11(15)14-12(5-2,6-3)10-13/h4-10,13H2,1-3H3,(H,14,15). The Morgan fingerprint density at radius 2 is 1.80 bits per heavy atom. The predicted octanol–water partition coefficient (Wildman–Crippen LogP) is 2.20. The van der Waals surface area contributed by atoms with Crippen LogP contribution in [0.2, 0.25) is 0 Å². The van der Waals surface area contributed by atoms with Gasteiger partial charge in [-0.3, -0.25) is 4.79 Å². The summed E-state index contributed by atoms with van der Waals surface area (Å²) in [5.74, 6) is 0.151. The maximum absolute atomic E-state index is 11.6. The Balaban J connectivity index is 4.00. The molecule has 0 aromatic heterocycles. The van der Waals surface area contributed by atoms with Gasteiger partial charge in [0.1, 0.15) is 0 Å². The first-order valence-electron chi connectivity index (χ1n) is 6.15. The number of carbonyl (C=O) groups excluding carboxylic acids is 1. The number of nitrogens with two attached hydrogens (primary N) is 1. The largest absolute Gasteiger partial charge is 0.349 e. The number of amides is 1. The minimum atomic E-state index is -0.177. The second-order valence-electron chi connectivity index (χ2n) is 4.20. The molecule has 0 heterocycles. The van der Waals surface area contributed by atoms with Gasteiger partial charge in [-0.2, -0.15) is 0 Å². The Labute approximate surface area is 93.8 Å². The van der Waals surface area contributed by atoms with Crippen LogP contribution in [0.25, 0.3) is 0 Å². The molecule has 15 heavy (non-hydrogen) atoms. The van der Waals surface area contributed by atoms with Crippen LogP contribution in [-0.2, 0) is 4.79 Å². The van der Waals surface area contributed by atoms with E-state index < -0.39 is 0 Å². The lowest BCUT2D eigenvalue weighted by atomic mass is 9.92. The van der Waals surface area contributed by atoms with Crippen molar-refractivity contribution in [2.75, 3.05) is 6.54 Å². The minimum Gasteiger partial charge on any atom is -0.349 e. The molecule has 0 aromatic carbocycles. The van der Waals surface area contributed by atoms with Gasteiger partial charge in [0, 0.05) is 13.0 Å². The van der Waals surface area contributed by atoms with E-state index in [-0.39, 0.29) is 11.4 Å². The van der Waals surface area contributed by atoms with E-state index in [4.69, 9.17) is 5.73 Å². The molecule has 1 amide bonds. The number of rotatable bonds is 8. The average Bonchev–Trinajstić information content (AvgIpc) is 2.26. The first-order valence-corrected chi connectivity index (χ1v) is 6.15. The quantitative estimate of drug-likeness (QED) is 0.609. The second-order valence-corrected chi connectivity index (χ2v) is 4.20. The van der Waals surface area contributed by atoms with Crippen molar-refractivity contribution in [3.63, 3.8) is 0 Å². The van der Waals surface area contributed by atoms with E-state index in [2.05, 4.69) is 26.1 Å². The van der Waals surface area contributed by atoms with Gasteiger partial charge in [-0.25, -0.2) is 0 Å². The van der Waals surface area contributed by atoms with Crippen LogP contribution < -0.4 is 11.1 Å². The lowest BCUT2D eigenvalue weighted by molar-refractivity contribution is -0.123. The highest BCUT2D eigenvalue weighted by atomic mass is 16.1. The molecule has 90 valence electrons. The Hall–Kier alpha value is -0.570. The van der Waals surface area contributed by atoms with E-state index in [1.54, 1.807) is 0 Å². The molecule has 0 spiro atoms. The van der Waals surface area contributed by atoms with E-state index in [0.29, 0.717) is 13.0 Å². The van der Waals surface area contributed by atoms with Crippen molar-refractivity contribution in [3.05, 3.63) is 0 Å². The summed E-state index contributed by atoms with van der Waals surface area (Å²) in [5, 5.41) is 3.07. The maximum atomic E-state index is 11.6. The molecule has 0 radical (unpaired) electrons. The smallest absolute Gasteiger partial charge is 0.220 e. The van der Waals surface area contributed by atoms with Crippen LogP contribution in [-0.4, -0.2) is 18.0 Å². The van der Waals surface area contributed by atoms with Gasteiger partial charge in [0.15, 0.2) is 0 Å². The Morgan fingerprint density at radius 1 is 1.20 bits per heavy atom. The molecule has 0 saturated carbocycles. The molecule has 0 unspecified atom stereocenters. The van der Waals surface area contributed by atoms with E-state index in [9.17, 15) is 4.79 Å². The third kappa shape index (κ3) is 5.17. The van der Waals surface area contributed by atoms with E-state index in [1.165, 1.54) is 0 Å². The number of nitrogens with one attached hydrogen (secondary N) is 1. The molecule has 3 nitrogen and oxygen atoms in total. The van der Waals surface area contributed by atoms with Crippen molar-refractivity contribution in [1.82, 2.24) is 5.32 Å². The van der Waals surface area contributed by atoms with Gasteiger partial charge in [-0.1, -0.05) is 33.6 Å². The highest BCUT2D eigenvalue weighted by Gasteiger charge is 2.25. The molecule has 0 aromatic rings. The summed E-state index contributed by atoms with van der Waals surface area (Å²) in [4.78, 5) is 11.6. The topological polar surface area (TPSA) is 55.1 Å². The second kappa shape index (κ2) is 7.69. The molecular formula is C12H26N2O. The number of unbranched alkanes of at least 4 members (excludes halogenated alkanes) is 2. The zero-order valence-corrected chi connectivity index (χ0v) is 10.4. The number of hydrogen-bond donors (Lipinski definition) is 2. The molecule has 0 aliphatic carbocycles. The molecule has 3 N–H and O–H groups in total. The molecule has 0 aliphatic rings. The number of carbonyl (C=O) groups is 1. The fourth-order valence-corrected chi connectivity index (χ4v) is 1.66. The summed E-state index contributed by atoms with van der Waals surface area (Å²) in [6.45, 7) is 6.81. The zero-order valence-electron chi connectivity index (χ0n) is 10.4. The Bertz CT molecular complexity index is 168. The molecule has 0 bridgehead atoms. The molecule has 0 atom stereocenters.